The van der Waals surface area contributed by atoms with Crippen molar-refractivity contribution in [3.05, 3.63) is 59.4 Å². The largest absolute Gasteiger partial charge is 0.206 e. The Morgan fingerprint density at radius 1 is 1.11 bits per heavy atom. The highest BCUT2D eigenvalue weighted by Gasteiger charge is 2.08. The van der Waals surface area contributed by atoms with Gasteiger partial charge in [0, 0.05) is 5.56 Å². The highest BCUT2D eigenvalue weighted by molar-refractivity contribution is 5.66. The number of nitrogens with zero attached hydrogens (tertiary/aromatic N) is 1. The first-order chi connectivity index (χ1) is 8.61. The van der Waals surface area contributed by atoms with Crippen molar-refractivity contribution >= 4 is 0 Å². The number of rotatable bonds is 2. The van der Waals surface area contributed by atoms with Gasteiger partial charge in [-0.1, -0.05) is 38.1 Å². The highest BCUT2D eigenvalue weighted by atomic mass is 19.1. The predicted octanol–water partition coefficient (Wildman–Crippen LogP) is 4.49. The van der Waals surface area contributed by atoms with Gasteiger partial charge in [-0.15, -0.1) is 0 Å². The fourth-order valence-electron chi connectivity index (χ4n) is 1.88. The minimum absolute atomic E-state index is 0.296. The molecule has 0 bridgehead atoms. The minimum Gasteiger partial charge on any atom is -0.206 e. The van der Waals surface area contributed by atoms with Crippen LogP contribution in [0.15, 0.2) is 42.5 Å². The molecule has 1 nitrogen and oxygen atoms in total. The van der Waals surface area contributed by atoms with Crippen LogP contribution >= 0.6 is 0 Å². The molecule has 0 saturated carbocycles. The summed E-state index contributed by atoms with van der Waals surface area (Å²) in [6.07, 6.45) is 0. The topological polar surface area (TPSA) is 23.8 Å². The molecule has 0 aliphatic heterocycles. The van der Waals surface area contributed by atoms with Crippen LogP contribution < -0.4 is 0 Å². The molecule has 2 rings (SSSR count). The lowest BCUT2D eigenvalue weighted by atomic mass is 9.96. The van der Waals surface area contributed by atoms with Gasteiger partial charge in [0.2, 0.25) is 0 Å². The maximum absolute atomic E-state index is 13.8. The quantitative estimate of drug-likeness (QED) is 0.757. The fourth-order valence-corrected chi connectivity index (χ4v) is 1.88. The van der Waals surface area contributed by atoms with E-state index in [1.54, 1.807) is 6.07 Å². The van der Waals surface area contributed by atoms with Crippen LogP contribution in [0.25, 0.3) is 11.1 Å². The van der Waals surface area contributed by atoms with E-state index in [1.807, 2.05) is 30.3 Å². The average Bonchev–Trinajstić information content (AvgIpc) is 2.39. The Kier molecular flexibility index (Phi) is 3.43. The Hall–Kier alpha value is -2.14. The zero-order chi connectivity index (χ0) is 13.1. The fraction of sp³-hybridized carbons (Fsp3) is 0.188. The summed E-state index contributed by atoms with van der Waals surface area (Å²) in [7, 11) is 0. The second-order valence-corrected chi connectivity index (χ2v) is 4.59. The Balaban J connectivity index is 2.55. The average molecular weight is 239 g/mol. The van der Waals surface area contributed by atoms with Gasteiger partial charge in [0.1, 0.15) is 5.82 Å². The van der Waals surface area contributed by atoms with Crippen LogP contribution in [-0.4, -0.2) is 0 Å². The summed E-state index contributed by atoms with van der Waals surface area (Å²) in [6.45, 7) is 4.20. The molecule has 90 valence electrons. The summed E-state index contributed by atoms with van der Waals surface area (Å²) in [5.74, 6) is 0.0991. The number of benzene rings is 2. The van der Waals surface area contributed by atoms with Gasteiger partial charge in [0.25, 0.3) is 0 Å². The summed E-state index contributed by atoms with van der Waals surface area (Å²) >= 11 is 0. The van der Waals surface area contributed by atoms with Crippen molar-refractivity contribution in [3.8, 4) is 17.2 Å². The molecule has 2 aromatic carbocycles. The molecule has 0 amide bonds. The van der Waals surface area contributed by atoms with E-state index in [0.717, 1.165) is 11.1 Å². The van der Waals surface area contributed by atoms with Gasteiger partial charge < -0.3 is 0 Å². The van der Waals surface area contributed by atoms with E-state index in [0.29, 0.717) is 17.0 Å². The lowest BCUT2D eigenvalue weighted by Crippen LogP contribution is -1.90. The van der Waals surface area contributed by atoms with Crippen LogP contribution in [0.5, 0.6) is 0 Å². The third-order valence-corrected chi connectivity index (χ3v) is 2.96. The first-order valence-electron chi connectivity index (χ1n) is 5.92. The van der Waals surface area contributed by atoms with Gasteiger partial charge in [-0.25, -0.2) is 4.39 Å². The number of hydrogen-bond donors (Lipinski definition) is 0. The molecular weight excluding hydrogens is 225 g/mol. The molecule has 0 fully saturated rings. The molecule has 18 heavy (non-hydrogen) atoms. The summed E-state index contributed by atoms with van der Waals surface area (Å²) in [5.41, 5.74) is 2.93. The van der Waals surface area contributed by atoms with Crippen molar-refractivity contribution in [2.45, 2.75) is 19.8 Å². The molecule has 0 aromatic heterocycles. The third-order valence-electron chi connectivity index (χ3n) is 2.96. The van der Waals surface area contributed by atoms with Crippen LogP contribution in [0, 0.1) is 17.1 Å². The van der Waals surface area contributed by atoms with Gasteiger partial charge >= 0.3 is 0 Å². The van der Waals surface area contributed by atoms with Crippen LogP contribution in [0.3, 0.4) is 0 Å². The van der Waals surface area contributed by atoms with Crippen molar-refractivity contribution in [1.82, 2.24) is 0 Å². The van der Waals surface area contributed by atoms with Gasteiger partial charge in [-0.3, -0.25) is 0 Å². The lowest BCUT2D eigenvalue weighted by molar-refractivity contribution is 0.631. The van der Waals surface area contributed by atoms with E-state index in [2.05, 4.69) is 13.8 Å². The summed E-state index contributed by atoms with van der Waals surface area (Å²) in [5, 5.41) is 8.87. The number of hydrogen-bond acceptors (Lipinski definition) is 1. The van der Waals surface area contributed by atoms with Crippen LogP contribution in [0.2, 0.25) is 0 Å². The van der Waals surface area contributed by atoms with E-state index in [9.17, 15) is 4.39 Å². The molecule has 0 heterocycles. The van der Waals surface area contributed by atoms with Crippen molar-refractivity contribution in [2.75, 3.05) is 0 Å². The highest BCUT2D eigenvalue weighted by Crippen LogP contribution is 2.26. The van der Waals surface area contributed by atoms with Gasteiger partial charge in [0.05, 0.1) is 11.6 Å². The second kappa shape index (κ2) is 5.01. The lowest BCUT2D eigenvalue weighted by Gasteiger charge is -2.09. The SMILES string of the molecule is CC(C)c1cccc(-c2cc(C#N)ccc2F)c1. The Bertz CT molecular complexity index is 609. The molecular formula is C16H14FN. The standard InChI is InChI=1S/C16H14FN/c1-11(2)13-4-3-5-14(9-13)15-8-12(10-18)6-7-16(15)17/h3-9,11H,1-2H3. The van der Waals surface area contributed by atoms with E-state index < -0.39 is 0 Å². The first kappa shape index (κ1) is 12.3. The predicted molar refractivity (Wildman–Crippen MR) is 70.6 cm³/mol. The Labute approximate surface area is 107 Å². The molecule has 0 saturated heterocycles. The molecule has 0 aliphatic rings. The molecule has 0 N–H and O–H groups in total. The van der Waals surface area contributed by atoms with Crippen LogP contribution in [0.1, 0.15) is 30.9 Å². The van der Waals surface area contributed by atoms with Crippen LogP contribution in [0.4, 0.5) is 4.39 Å². The minimum atomic E-state index is -0.296. The van der Waals surface area contributed by atoms with Crippen molar-refractivity contribution in [3.63, 3.8) is 0 Å². The molecule has 0 radical (unpaired) electrons. The van der Waals surface area contributed by atoms with Crippen molar-refractivity contribution in [1.29, 1.82) is 5.26 Å². The first-order valence-corrected chi connectivity index (χ1v) is 5.92. The Morgan fingerprint density at radius 3 is 2.56 bits per heavy atom. The summed E-state index contributed by atoms with van der Waals surface area (Å²) in [6, 6.07) is 14.3. The van der Waals surface area contributed by atoms with Crippen molar-refractivity contribution in [2.24, 2.45) is 0 Å². The molecule has 0 atom stereocenters. The molecule has 2 heteroatoms. The molecule has 0 aliphatic carbocycles. The monoisotopic (exact) mass is 239 g/mol. The molecule has 0 unspecified atom stereocenters. The number of halogens is 1. The van der Waals surface area contributed by atoms with E-state index in [-0.39, 0.29) is 5.82 Å². The van der Waals surface area contributed by atoms with E-state index in [4.69, 9.17) is 5.26 Å². The van der Waals surface area contributed by atoms with E-state index in [1.165, 1.54) is 12.1 Å². The third kappa shape index (κ3) is 2.41. The van der Waals surface area contributed by atoms with Crippen molar-refractivity contribution < 1.29 is 4.39 Å². The normalized spacial score (nSPS) is 10.4. The smallest absolute Gasteiger partial charge is 0.131 e. The summed E-state index contributed by atoms with van der Waals surface area (Å²) < 4.78 is 13.8. The second-order valence-electron chi connectivity index (χ2n) is 4.59. The maximum Gasteiger partial charge on any atom is 0.131 e. The molecule has 2 aromatic rings. The zero-order valence-electron chi connectivity index (χ0n) is 10.4. The number of nitriles is 1. The van der Waals surface area contributed by atoms with Gasteiger partial charge in [-0.05, 0) is 35.2 Å². The molecule has 0 spiro atoms. The van der Waals surface area contributed by atoms with Gasteiger partial charge in [0.15, 0.2) is 0 Å². The maximum atomic E-state index is 13.8. The zero-order valence-corrected chi connectivity index (χ0v) is 10.4. The van der Waals surface area contributed by atoms with E-state index >= 15 is 0 Å². The summed E-state index contributed by atoms with van der Waals surface area (Å²) in [4.78, 5) is 0. The Morgan fingerprint density at radius 2 is 1.89 bits per heavy atom. The van der Waals surface area contributed by atoms with Gasteiger partial charge in [-0.2, -0.15) is 5.26 Å². The van der Waals surface area contributed by atoms with Crippen LogP contribution in [-0.2, 0) is 0 Å².